The zero-order chi connectivity index (χ0) is 12.4. The van der Waals surface area contributed by atoms with Gasteiger partial charge < -0.3 is 9.52 Å². The van der Waals surface area contributed by atoms with Crippen LogP contribution in [-0.2, 0) is 13.2 Å². The predicted molar refractivity (Wildman–Crippen MR) is 64.9 cm³/mol. The van der Waals surface area contributed by atoms with E-state index in [0.717, 1.165) is 16.5 Å². The Balaban J connectivity index is 1.77. The Morgan fingerprint density at radius 2 is 2.33 bits per heavy atom. The fourth-order valence-corrected chi connectivity index (χ4v) is 2.32. The summed E-state index contributed by atoms with van der Waals surface area (Å²) in [6, 6.07) is 3.71. The Morgan fingerprint density at radius 1 is 1.39 bits per heavy atom. The zero-order valence-electron chi connectivity index (χ0n) is 9.35. The van der Waals surface area contributed by atoms with Gasteiger partial charge in [-0.15, -0.1) is 16.4 Å². The quantitative estimate of drug-likeness (QED) is 0.771. The van der Waals surface area contributed by atoms with Crippen molar-refractivity contribution >= 4 is 11.3 Å². The maximum atomic E-state index is 8.90. The molecule has 0 unspecified atom stereocenters. The molecular formula is C11H10N4O2S. The van der Waals surface area contributed by atoms with Crippen LogP contribution in [0.25, 0.3) is 10.8 Å². The fourth-order valence-electron chi connectivity index (χ4n) is 1.55. The summed E-state index contributed by atoms with van der Waals surface area (Å²) in [7, 11) is 0. The molecule has 18 heavy (non-hydrogen) atoms. The second-order valence-electron chi connectivity index (χ2n) is 3.69. The Hall–Kier alpha value is -1.99. The number of furan rings is 1. The normalized spacial score (nSPS) is 10.9. The van der Waals surface area contributed by atoms with Crippen LogP contribution >= 0.6 is 11.3 Å². The highest BCUT2D eigenvalue weighted by molar-refractivity contribution is 7.13. The first-order valence-corrected chi connectivity index (χ1v) is 6.21. The first-order chi connectivity index (χ1) is 8.85. The van der Waals surface area contributed by atoms with Crippen LogP contribution in [0.2, 0.25) is 0 Å². The predicted octanol–water partition coefficient (Wildman–Crippen LogP) is 1.54. The number of hydrogen-bond acceptors (Lipinski definition) is 6. The second kappa shape index (κ2) is 4.71. The summed E-state index contributed by atoms with van der Waals surface area (Å²) in [5.74, 6) is 0.765. The Labute approximate surface area is 107 Å². The molecule has 0 amide bonds. The van der Waals surface area contributed by atoms with Gasteiger partial charge in [-0.2, -0.15) is 0 Å². The number of aliphatic hydroxyl groups excluding tert-OH is 1. The van der Waals surface area contributed by atoms with E-state index in [4.69, 9.17) is 9.52 Å². The molecule has 7 heteroatoms. The lowest BCUT2D eigenvalue weighted by atomic mass is 10.4. The van der Waals surface area contributed by atoms with E-state index in [0.29, 0.717) is 12.2 Å². The number of aromatic nitrogens is 4. The largest absolute Gasteiger partial charge is 0.462 e. The van der Waals surface area contributed by atoms with Crippen molar-refractivity contribution < 1.29 is 9.52 Å². The topological polar surface area (TPSA) is 77.0 Å². The molecule has 0 spiro atoms. The average molecular weight is 262 g/mol. The van der Waals surface area contributed by atoms with Crippen molar-refractivity contribution in [2.45, 2.75) is 13.2 Å². The molecule has 0 aliphatic carbocycles. The highest BCUT2D eigenvalue weighted by Crippen LogP contribution is 2.24. The second-order valence-corrected chi connectivity index (χ2v) is 4.54. The SMILES string of the molecule is OCc1cn(Cc2csc(-c3ccco3)n2)nn1. The van der Waals surface area contributed by atoms with Gasteiger partial charge in [-0.3, -0.25) is 0 Å². The molecule has 1 N–H and O–H groups in total. The van der Waals surface area contributed by atoms with Crippen LogP contribution < -0.4 is 0 Å². The summed E-state index contributed by atoms with van der Waals surface area (Å²) in [5.41, 5.74) is 1.44. The van der Waals surface area contributed by atoms with Crippen LogP contribution in [0.5, 0.6) is 0 Å². The summed E-state index contributed by atoms with van der Waals surface area (Å²) in [4.78, 5) is 4.46. The van der Waals surface area contributed by atoms with Gasteiger partial charge in [-0.05, 0) is 12.1 Å². The van der Waals surface area contributed by atoms with Crippen LogP contribution in [-0.4, -0.2) is 25.1 Å². The lowest BCUT2D eigenvalue weighted by Crippen LogP contribution is -2.00. The number of rotatable bonds is 4. The summed E-state index contributed by atoms with van der Waals surface area (Å²) < 4.78 is 6.93. The molecule has 92 valence electrons. The number of thiazole rings is 1. The van der Waals surface area contributed by atoms with Crippen molar-refractivity contribution in [2.24, 2.45) is 0 Å². The molecule has 0 fully saturated rings. The van der Waals surface area contributed by atoms with Crippen LogP contribution in [0.15, 0.2) is 34.4 Å². The zero-order valence-corrected chi connectivity index (χ0v) is 10.2. The van der Waals surface area contributed by atoms with Crippen LogP contribution in [0.1, 0.15) is 11.4 Å². The van der Waals surface area contributed by atoms with Crippen molar-refractivity contribution in [3.05, 3.63) is 41.4 Å². The van der Waals surface area contributed by atoms with Gasteiger partial charge in [-0.1, -0.05) is 5.21 Å². The van der Waals surface area contributed by atoms with Crippen LogP contribution in [0.3, 0.4) is 0 Å². The smallest absolute Gasteiger partial charge is 0.162 e. The van der Waals surface area contributed by atoms with Gasteiger partial charge in [0.05, 0.1) is 31.3 Å². The third kappa shape index (κ3) is 2.18. The molecule has 0 aromatic carbocycles. The van der Waals surface area contributed by atoms with Gasteiger partial charge in [-0.25, -0.2) is 9.67 Å². The first kappa shape index (κ1) is 11.1. The molecule has 0 saturated carbocycles. The van der Waals surface area contributed by atoms with Gasteiger partial charge in [0.2, 0.25) is 0 Å². The van der Waals surface area contributed by atoms with Crippen molar-refractivity contribution in [3.63, 3.8) is 0 Å². The Bertz CT molecular complexity index is 629. The first-order valence-electron chi connectivity index (χ1n) is 5.33. The maximum absolute atomic E-state index is 8.90. The van der Waals surface area contributed by atoms with Gasteiger partial charge in [0, 0.05) is 5.38 Å². The summed E-state index contributed by atoms with van der Waals surface area (Å²) in [6.45, 7) is 0.429. The van der Waals surface area contributed by atoms with Crippen LogP contribution in [0, 0.1) is 0 Å². The molecule has 0 aliphatic heterocycles. The molecule has 0 bridgehead atoms. The van der Waals surface area contributed by atoms with E-state index in [1.807, 2.05) is 17.5 Å². The molecule has 3 heterocycles. The maximum Gasteiger partial charge on any atom is 0.162 e. The van der Waals surface area contributed by atoms with Gasteiger partial charge in [0.15, 0.2) is 10.8 Å². The van der Waals surface area contributed by atoms with Crippen molar-refractivity contribution in [3.8, 4) is 10.8 Å². The third-order valence-corrected chi connectivity index (χ3v) is 3.26. The van der Waals surface area contributed by atoms with Gasteiger partial charge >= 0.3 is 0 Å². The van der Waals surface area contributed by atoms with Gasteiger partial charge in [0.25, 0.3) is 0 Å². The van der Waals surface area contributed by atoms with Crippen molar-refractivity contribution in [2.75, 3.05) is 0 Å². The van der Waals surface area contributed by atoms with Crippen molar-refractivity contribution in [1.29, 1.82) is 0 Å². The highest BCUT2D eigenvalue weighted by atomic mass is 32.1. The minimum absolute atomic E-state index is 0.102. The molecular weight excluding hydrogens is 252 g/mol. The summed E-state index contributed by atoms with van der Waals surface area (Å²) in [5, 5.41) is 19.4. The van der Waals surface area contributed by atoms with E-state index in [1.54, 1.807) is 17.1 Å². The Kier molecular flexibility index (Phi) is 2.91. The lowest BCUT2D eigenvalue weighted by Gasteiger charge is -1.94. The molecule has 0 atom stereocenters. The van der Waals surface area contributed by atoms with E-state index in [-0.39, 0.29) is 6.61 Å². The average Bonchev–Trinajstić information content (AvgIpc) is 3.10. The number of hydrogen-bond donors (Lipinski definition) is 1. The molecule has 0 aliphatic rings. The van der Waals surface area contributed by atoms with E-state index in [1.165, 1.54) is 11.3 Å². The monoisotopic (exact) mass is 262 g/mol. The standard InChI is InChI=1S/C11H10N4O2S/c16-6-8-4-15(14-13-8)5-9-7-18-11(12-9)10-2-1-3-17-10/h1-4,7,16H,5-6H2. The number of aliphatic hydroxyl groups is 1. The highest BCUT2D eigenvalue weighted by Gasteiger charge is 2.08. The minimum Gasteiger partial charge on any atom is -0.462 e. The number of nitrogens with zero attached hydrogens (tertiary/aromatic N) is 4. The molecule has 6 nitrogen and oxygen atoms in total. The summed E-state index contributed by atoms with van der Waals surface area (Å²) >= 11 is 1.52. The van der Waals surface area contributed by atoms with E-state index >= 15 is 0 Å². The van der Waals surface area contributed by atoms with Crippen LogP contribution in [0.4, 0.5) is 0 Å². The molecule has 3 aromatic rings. The molecule has 0 saturated heterocycles. The lowest BCUT2D eigenvalue weighted by molar-refractivity contribution is 0.276. The van der Waals surface area contributed by atoms with E-state index in [2.05, 4.69) is 15.3 Å². The van der Waals surface area contributed by atoms with E-state index in [9.17, 15) is 0 Å². The minimum atomic E-state index is -0.102. The molecule has 0 radical (unpaired) electrons. The molecule has 3 rings (SSSR count). The third-order valence-electron chi connectivity index (χ3n) is 2.36. The van der Waals surface area contributed by atoms with Crippen molar-refractivity contribution in [1.82, 2.24) is 20.0 Å². The van der Waals surface area contributed by atoms with E-state index < -0.39 is 0 Å². The Morgan fingerprint density at radius 3 is 3.06 bits per heavy atom. The van der Waals surface area contributed by atoms with Gasteiger partial charge in [0.1, 0.15) is 5.69 Å². The fraction of sp³-hybridized carbons (Fsp3) is 0.182. The molecule has 3 aromatic heterocycles. The summed E-state index contributed by atoms with van der Waals surface area (Å²) in [6.07, 6.45) is 3.33.